The molecule has 0 saturated heterocycles. The summed E-state index contributed by atoms with van der Waals surface area (Å²) in [7, 11) is 0. The van der Waals surface area contributed by atoms with Gasteiger partial charge in [0.15, 0.2) is 0 Å². The summed E-state index contributed by atoms with van der Waals surface area (Å²) in [6.07, 6.45) is -3.96. The minimum atomic E-state index is -4.12. The Morgan fingerprint density at radius 2 is 2.00 bits per heavy atom. The lowest BCUT2D eigenvalue weighted by Gasteiger charge is -2.05. The summed E-state index contributed by atoms with van der Waals surface area (Å²) in [6.45, 7) is 3.50. The number of halogens is 3. The highest BCUT2D eigenvalue weighted by Gasteiger charge is 2.25. The van der Waals surface area contributed by atoms with Gasteiger partial charge in [0, 0.05) is 13.0 Å². The van der Waals surface area contributed by atoms with E-state index >= 15 is 0 Å². The van der Waals surface area contributed by atoms with Crippen LogP contribution in [0.3, 0.4) is 0 Å². The number of hydrogen-bond donors (Lipinski definition) is 2. The summed E-state index contributed by atoms with van der Waals surface area (Å²) >= 11 is 0. The van der Waals surface area contributed by atoms with E-state index in [1.54, 1.807) is 0 Å². The van der Waals surface area contributed by atoms with Crippen LogP contribution in [0.2, 0.25) is 0 Å². The molecule has 0 aliphatic rings. The molecule has 0 fully saturated rings. The molecule has 0 saturated carbocycles. The van der Waals surface area contributed by atoms with E-state index in [-0.39, 0.29) is 19.0 Å². The van der Waals surface area contributed by atoms with Gasteiger partial charge in [-0.15, -0.1) is 5.10 Å². The molecular weight excluding hydrogens is 249 g/mol. The third-order valence-corrected chi connectivity index (χ3v) is 2.08. The van der Waals surface area contributed by atoms with E-state index in [0.717, 1.165) is 13.0 Å². The highest BCUT2D eigenvalue weighted by atomic mass is 19.4. The molecule has 1 aromatic rings. The average molecular weight is 266 g/mol. The zero-order valence-corrected chi connectivity index (χ0v) is 10.2. The maximum absolute atomic E-state index is 11.9. The number of aromatic nitrogens is 2. The van der Waals surface area contributed by atoms with Crippen molar-refractivity contribution in [2.75, 3.05) is 18.4 Å². The molecule has 2 N–H and O–H groups in total. The first-order chi connectivity index (χ1) is 8.51. The van der Waals surface area contributed by atoms with Crippen molar-refractivity contribution in [2.45, 2.75) is 38.9 Å². The van der Waals surface area contributed by atoms with E-state index in [9.17, 15) is 13.2 Å². The van der Waals surface area contributed by atoms with Crippen LogP contribution in [0.5, 0.6) is 0 Å². The van der Waals surface area contributed by atoms with Crippen molar-refractivity contribution >= 4 is 6.01 Å². The van der Waals surface area contributed by atoms with Gasteiger partial charge in [-0.05, 0) is 19.4 Å². The third-order valence-electron chi connectivity index (χ3n) is 2.08. The van der Waals surface area contributed by atoms with E-state index in [1.165, 1.54) is 0 Å². The first-order valence-electron chi connectivity index (χ1n) is 5.85. The third kappa shape index (κ3) is 6.43. The van der Waals surface area contributed by atoms with Crippen LogP contribution in [-0.4, -0.2) is 29.5 Å². The van der Waals surface area contributed by atoms with Crippen molar-refractivity contribution in [1.29, 1.82) is 0 Å². The Labute approximate surface area is 103 Å². The Morgan fingerprint density at radius 1 is 1.22 bits per heavy atom. The molecule has 0 unspecified atom stereocenters. The molecule has 1 heterocycles. The van der Waals surface area contributed by atoms with E-state index in [2.05, 4.69) is 20.8 Å². The van der Waals surface area contributed by atoms with Crippen LogP contribution in [0.15, 0.2) is 4.42 Å². The number of anilines is 1. The molecule has 0 bridgehead atoms. The zero-order chi connectivity index (χ0) is 13.4. The van der Waals surface area contributed by atoms with Gasteiger partial charge < -0.3 is 15.1 Å². The smallest absolute Gasteiger partial charge is 0.389 e. The summed E-state index contributed by atoms with van der Waals surface area (Å²) in [5.74, 6) is 0.418. The highest BCUT2D eigenvalue weighted by molar-refractivity contribution is 5.16. The molecule has 0 radical (unpaired) electrons. The van der Waals surface area contributed by atoms with Gasteiger partial charge in [0.1, 0.15) is 0 Å². The molecule has 0 spiro atoms. The predicted molar refractivity (Wildman–Crippen MR) is 60.1 cm³/mol. The molecule has 104 valence electrons. The highest BCUT2D eigenvalue weighted by Crippen LogP contribution is 2.21. The molecule has 0 aliphatic carbocycles. The lowest BCUT2D eigenvalue weighted by atomic mass is 10.3. The standard InChI is InChI=1S/C10H17F3N4O/c1-2-5-14-7-8-16-17-9(18-8)15-6-3-4-10(11,12)13/h14H,2-7H2,1H3,(H,15,17). The van der Waals surface area contributed by atoms with Crippen molar-refractivity contribution in [2.24, 2.45) is 0 Å². The van der Waals surface area contributed by atoms with Crippen molar-refractivity contribution in [3.8, 4) is 0 Å². The van der Waals surface area contributed by atoms with Gasteiger partial charge in [-0.3, -0.25) is 0 Å². The Hall–Kier alpha value is -1.31. The molecule has 0 atom stereocenters. The summed E-state index contributed by atoms with van der Waals surface area (Å²) in [4.78, 5) is 0. The van der Waals surface area contributed by atoms with Crippen LogP contribution in [0.1, 0.15) is 32.1 Å². The van der Waals surface area contributed by atoms with E-state index in [1.807, 2.05) is 6.92 Å². The van der Waals surface area contributed by atoms with Gasteiger partial charge in [-0.2, -0.15) is 13.2 Å². The Bertz CT molecular complexity index is 340. The molecule has 1 rings (SSSR count). The van der Waals surface area contributed by atoms with Gasteiger partial charge in [-0.25, -0.2) is 0 Å². The fourth-order valence-electron chi connectivity index (χ4n) is 1.25. The number of hydrogen-bond acceptors (Lipinski definition) is 5. The second-order valence-corrected chi connectivity index (χ2v) is 3.82. The number of nitrogens with zero attached hydrogens (tertiary/aromatic N) is 2. The molecule has 8 heteroatoms. The van der Waals surface area contributed by atoms with Gasteiger partial charge in [0.05, 0.1) is 6.54 Å². The van der Waals surface area contributed by atoms with Crippen LogP contribution in [0.4, 0.5) is 19.2 Å². The monoisotopic (exact) mass is 266 g/mol. The molecule has 1 aromatic heterocycles. The van der Waals surface area contributed by atoms with Crippen LogP contribution < -0.4 is 10.6 Å². The van der Waals surface area contributed by atoms with Crippen molar-refractivity contribution in [3.05, 3.63) is 5.89 Å². The van der Waals surface area contributed by atoms with Gasteiger partial charge in [-0.1, -0.05) is 12.0 Å². The molecule has 0 aromatic carbocycles. The first kappa shape index (κ1) is 14.7. The topological polar surface area (TPSA) is 63.0 Å². The summed E-state index contributed by atoms with van der Waals surface area (Å²) in [5, 5.41) is 13.2. The Kier molecular flexibility index (Phi) is 5.90. The maximum atomic E-state index is 11.9. The normalized spacial score (nSPS) is 11.8. The van der Waals surface area contributed by atoms with Crippen molar-refractivity contribution in [3.63, 3.8) is 0 Å². The number of alkyl halides is 3. The Balaban J connectivity index is 2.19. The average Bonchev–Trinajstić information content (AvgIpc) is 2.72. The van der Waals surface area contributed by atoms with E-state index < -0.39 is 12.6 Å². The zero-order valence-electron chi connectivity index (χ0n) is 10.2. The van der Waals surface area contributed by atoms with Gasteiger partial charge in [0.25, 0.3) is 0 Å². The fraction of sp³-hybridized carbons (Fsp3) is 0.800. The summed E-state index contributed by atoms with van der Waals surface area (Å²) in [6, 6.07) is 0.158. The van der Waals surface area contributed by atoms with Gasteiger partial charge in [0.2, 0.25) is 5.89 Å². The van der Waals surface area contributed by atoms with Crippen molar-refractivity contribution < 1.29 is 17.6 Å². The summed E-state index contributed by atoms with van der Waals surface area (Å²) < 4.78 is 40.8. The van der Waals surface area contributed by atoms with Crippen LogP contribution in [0.25, 0.3) is 0 Å². The predicted octanol–water partition coefficient (Wildman–Crippen LogP) is 2.32. The minimum Gasteiger partial charge on any atom is -0.407 e. The SMILES string of the molecule is CCCNCc1nnc(NCCCC(F)(F)F)o1. The molecular formula is C10H17F3N4O. The molecule has 0 aliphatic heterocycles. The van der Waals surface area contributed by atoms with Crippen LogP contribution in [0, 0.1) is 0 Å². The Morgan fingerprint density at radius 3 is 2.67 bits per heavy atom. The second kappa shape index (κ2) is 7.20. The van der Waals surface area contributed by atoms with E-state index in [0.29, 0.717) is 12.4 Å². The maximum Gasteiger partial charge on any atom is 0.389 e. The molecule has 0 amide bonds. The van der Waals surface area contributed by atoms with Crippen molar-refractivity contribution in [1.82, 2.24) is 15.5 Å². The minimum absolute atomic E-state index is 0.0186. The number of rotatable bonds is 8. The quantitative estimate of drug-likeness (QED) is 0.707. The molecule has 5 nitrogen and oxygen atoms in total. The van der Waals surface area contributed by atoms with Gasteiger partial charge >= 0.3 is 12.2 Å². The lowest BCUT2D eigenvalue weighted by Crippen LogP contribution is -2.13. The summed E-state index contributed by atoms with van der Waals surface area (Å²) in [5.41, 5.74) is 0. The largest absolute Gasteiger partial charge is 0.407 e. The fourth-order valence-corrected chi connectivity index (χ4v) is 1.25. The molecule has 18 heavy (non-hydrogen) atoms. The van der Waals surface area contributed by atoms with Crippen LogP contribution >= 0.6 is 0 Å². The lowest BCUT2D eigenvalue weighted by molar-refractivity contribution is -0.134. The second-order valence-electron chi connectivity index (χ2n) is 3.82. The van der Waals surface area contributed by atoms with Crippen LogP contribution in [-0.2, 0) is 6.54 Å². The first-order valence-corrected chi connectivity index (χ1v) is 5.85. The number of nitrogens with one attached hydrogen (secondary N) is 2. The van der Waals surface area contributed by atoms with E-state index in [4.69, 9.17) is 4.42 Å².